The molecule has 0 saturated carbocycles. The Labute approximate surface area is 116 Å². The largest absolute Gasteiger partial charge is 0.384 e. The molecule has 6 nitrogen and oxygen atoms in total. The molecule has 0 aliphatic heterocycles. The van der Waals surface area contributed by atoms with Crippen LogP contribution in [-0.2, 0) is 17.7 Å². The van der Waals surface area contributed by atoms with E-state index < -0.39 is 0 Å². The van der Waals surface area contributed by atoms with Gasteiger partial charge in [-0.3, -0.25) is 0 Å². The Morgan fingerprint density at radius 3 is 2.95 bits per heavy atom. The second-order valence-electron chi connectivity index (χ2n) is 4.18. The lowest BCUT2D eigenvalue weighted by molar-refractivity contribution is 0.201. The van der Waals surface area contributed by atoms with E-state index in [1.54, 1.807) is 19.4 Å². The SMILES string of the molecule is COCCc1nsc(N(C)Cc2ccc(N)nc2)n1. The van der Waals surface area contributed by atoms with Gasteiger partial charge in [0.15, 0.2) is 0 Å². The highest BCUT2D eigenvalue weighted by Gasteiger charge is 2.09. The lowest BCUT2D eigenvalue weighted by Crippen LogP contribution is -2.16. The average molecular weight is 279 g/mol. The molecule has 2 rings (SSSR count). The molecule has 0 bridgehead atoms. The molecule has 0 spiro atoms. The molecule has 0 aromatic carbocycles. The summed E-state index contributed by atoms with van der Waals surface area (Å²) in [4.78, 5) is 10.6. The van der Waals surface area contributed by atoms with Crippen LogP contribution in [-0.4, -0.2) is 35.1 Å². The van der Waals surface area contributed by atoms with Gasteiger partial charge in [-0.25, -0.2) is 9.97 Å². The van der Waals surface area contributed by atoms with Crippen LogP contribution in [0.1, 0.15) is 11.4 Å². The minimum atomic E-state index is 0.532. The maximum atomic E-state index is 5.56. The van der Waals surface area contributed by atoms with Crippen molar-refractivity contribution in [2.45, 2.75) is 13.0 Å². The van der Waals surface area contributed by atoms with Gasteiger partial charge in [-0.2, -0.15) is 4.37 Å². The van der Waals surface area contributed by atoms with E-state index in [0.29, 0.717) is 12.4 Å². The summed E-state index contributed by atoms with van der Waals surface area (Å²) in [5, 5.41) is 0.892. The first-order chi connectivity index (χ1) is 9.19. The van der Waals surface area contributed by atoms with Crippen molar-refractivity contribution in [2.75, 3.05) is 31.4 Å². The number of nitrogens with zero attached hydrogens (tertiary/aromatic N) is 4. The van der Waals surface area contributed by atoms with Crippen LogP contribution in [0.2, 0.25) is 0 Å². The molecular formula is C12H17N5OS. The molecule has 2 heterocycles. The van der Waals surface area contributed by atoms with Crippen molar-refractivity contribution in [2.24, 2.45) is 0 Å². The molecule has 0 aliphatic rings. The van der Waals surface area contributed by atoms with E-state index in [1.807, 2.05) is 18.0 Å². The third-order valence-corrected chi connectivity index (χ3v) is 3.45. The second-order valence-corrected chi connectivity index (χ2v) is 4.91. The third kappa shape index (κ3) is 3.87. The van der Waals surface area contributed by atoms with E-state index >= 15 is 0 Å². The van der Waals surface area contributed by atoms with E-state index in [0.717, 1.165) is 29.5 Å². The average Bonchev–Trinajstić information content (AvgIpc) is 2.88. The van der Waals surface area contributed by atoms with Crippen molar-refractivity contribution in [3.8, 4) is 0 Å². The molecule has 0 radical (unpaired) electrons. The first-order valence-electron chi connectivity index (χ1n) is 5.92. The van der Waals surface area contributed by atoms with Gasteiger partial charge in [-0.15, -0.1) is 0 Å². The van der Waals surface area contributed by atoms with E-state index in [4.69, 9.17) is 10.5 Å². The summed E-state index contributed by atoms with van der Waals surface area (Å²) in [6, 6.07) is 3.76. The molecule has 2 aromatic rings. The fraction of sp³-hybridized carbons (Fsp3) is 0.417. The number of anilines is 2. The van der Waals surface area contributed by atoms with Gasteiger partial charge in [0.1, 0.15) is 11.6 Å². The van der Waals surface area contributed by atoms with Crippen LogP contribution >= 0.6 is 11.5 Å². The van der Waals surface area contributed by atoms with Gasteiger partial charge in [0.05, 0.1) is 6.61 Å². The Morgan fingerprint density at radius 2 is 2.26 bits per heavy atom. The van der Waals surface area contributed by atoms with Crippen LogP contribution in [0.25, 0.3) is 0 Å². The summed E-state index contributed by atoms with van der Waals surface area (Å²) in [6.07, 6.45) is 2.52. The summed E-state index contributed by atoms with van der Waals surface area (Å²) in [5.41, 5.74) is 6.65. The van der Waals surface area contributed by atoms with E-state index in [1.165, 1.54) is 11.5 Å². The lowest BCUT2D eigenvalue weighted by atomic mass is 10.3. The molecule has 0 saturated heterocycles. The maximum Gasteiger partial charge on any atom is 0.205 e. The molecule has 0 amide bonds. The minimum absolute atomic E-state index is 0.532. The number of hydrogen-bond acceptors (Lipinski definition) is 7. The van der Waals surface area contributed by atoms with Crippen molar-refractivity contribution in [3.05, 3.63) is 29.7 Å². The lowest BCUT2D eigenvalue weighted by Gasteiger charge is -2.14. The first kappa shape index (κ1) is 13.7. The molecular weight excluding hydrogens is 262 g/mol. The highest BCUT2D eigenvalue weighted by molar-refractivity contribution is 7.09. The van der Waals surface area contributed by atoms with Crippen molar-refractivity contribution >= 4 is 22.5 Å². The van der Waals surface area contributed by atoms with E-state index in [9.17, 15) is 0 Å². The fourth-order valence-electron chi connectivity index (χ4n) is 1.57. The molecule has 0 atom stereocenters. The molecule has 2 aromatic heterocycles. The summed E-state index contributed by atoms with van der Waals surface area (Å²) >= 11 is 1.39. The van der Waals surface area contributed by atoms with Crippen molar-refractivity contribution in [3.63, 3.8) is 0 Å². The Bertz CT molecular complexity index is 513. The predicted molar refractivity (Wildman–Crippen MR) is 76.2 cm³/mol. The number of pyridine rings is 1. The zero-order chi connectivity index (χ0) is 13.7. The number of rotatable bonds is 6. The predicted octanol–water partition coefficient (Wildman–Crippen LogP) is 1.34. The smallest absolute Gasteiger partial charge is 0.205 e. The van der Waals surface area contributed by atoms with E-state index in [2.05, 4.69) is 14.3 Å². The number of nitrogen functional groups attached to an aromatic ring is 1. The quantitative estimate of drug-likeness (QED) is 0.860. The highest BCUT2D eigenvalue weighted by atomic mass is 32.1. The van der Waals surface area contributed by atoms with Gasteiger partial charge in [-0.1, -0.05) is 6.07 Å². The maximum absolute atomic E-state index is 5.56. The number of aromatic nitrogens is 3. The van der Waals surface area contributed by atoms with Crippen LogP contribution in [0.5, 0.6) is 0 Å². The second kappa shape index (κ2) is 6.44. The highest BCUT2D eigenvalue weighted by Crippen LogP contribution is 2.18. The molecule has 0 fully saturated rings. The van der Waals surface area contributed by atoms with Gasteiger partial charge in [-0.05, 0) is 11.6 Å². The van der Waals surface area contributed by atoms with Crippen LogP contribution in [0.3, 0.4) is 0 Å². The number of hydrogen-bond donors (Lipinski definition) is 1. The molecule has 0 aliphatic carbocycles. The molecule has 7 heteroatoms. The standard InChI is InChI=1S/C12H17N5OS/c1-17(8-9-3-4-10(13)14-7-9)12-15-11(16-19-12)5-6-18-2/h3-4,7H,5-6,8H2,1-2H3,(H2,13,14). The number of methoxy groups -OCH3 is 1. The Morgan fingerprint density at radius 1 is 1.42 bits per heavy atom. The zero-order valence-electron chi connectivity index (χ0n) is 11.0. The monoisotopic (exact) mass is 279 g/mol. The summed E-state index contributed by atoms with van der Waals surface area (Å²) in [7, 11) is 3.66. The summed E-state index contributed by atoms with van der Waals surface area (Å²) in [6.45, 7) is 1.37. The molecule has 19 heavy (non-hydrogen) atoms. The van der Waals surface area contributed by atoms with Crippen molar-refractivity contribution in [1.82, 2.24) is 14.3 Å². The number of nitrogens with two attached hydrogens (primary N) is 1. The van der Waals surface area contributed by atoms with Gasteiger partial charge in [0.25, 0.3) is 0 Å². The van der Waals surface area contributed by atoms with Gasteiger partial charge >= 0.3 is 0 Å². The Balaban J connectivity index is 1.97. The van der Waals surface area contributed by atoms with Gasteiger partial charge < -0.3 is 15.4 Å². The normalized spacial score (nSPS) is 10.6. The van der Waals surface area contributed by atoms with Crippen LogP contribution in [0, 0.1) is 0 Å². The van der Waals surface area contributed by atoms with Crippen LogP contribution in [0.4, 0.5) is 10.9 Å². The van der Waals surface area contributed by atoms with Crippen LogP contribution < -0.4 is 10.6 Å². The summed E-state index contributed by atoms with van der Waals surface area (Å²) in [5.74, 6) is 1.35. The molecule has 102 valence electrons. The van der Waals surface area contributed by atoms with Gasteiger partial charge in [0, 0.05) is 44.9 Å². The topological polar surface area (TPSA) is 77.2 Å². The van der Waals surface area contributed by atoms with E-state index in [-0.39, 0.29) is 0 Å². The molecule has 2 N–H and O–H groups in total. The van der Waals surface area contributed by atoms with Crippen molar-refractivity contribution < 1.29 is 4.74 Å². The first-order valence-corrected chi connectivity index (χ1v) is 6.69. The third-order valence-electron chi connectivity index (χ3n) is 2.58. The minimum Gasteiger partial charge on any atom is -0.384 e. The Hall–Kier alpha value is -1.73. The van der Waals surface area contributed by atoms with Crippen molar-refractivity contribution in [1.29, 1.82) is 0 Å². The zero-order valence-corrected chi connectivity index (χ0v) is 11.9. The van der Waals surface area contributed by atoms with Gasteiger partial charge in [0.2, 0.25) is 5.13 Å². The molecule has 0 unspecified atom stereocenters. The Kier molecular flexibility index (Phi) is 4.64. The fourth-order valence-corrected chi connectivity index (χ4v) is 2.23. The van der Waals surface area contributed by atoms with Crippen LogP contribution in [0.15, 0.2) is 18.3 Å². The summed E-state index contributed by atoms with van der Waals surface area (Å²) < 4.78 is 9.32. The number of ether oxygens (including phenoxy) is 1.